The van der Waals surface area contributed by atoms with Crippen LogP contribution in [0, 0.1) is 0 Å². The second-order valence-electron chi connectivity index (χ2n) is 5.20. The molecular weight excluding hydrogens is 208 g/mol. The van der Waals surface area contributed by atoms with Gasteiger partial charge in [0.15, 0.2) is 0 Å². The molecule has 1 N–H and O–H groups in total. The number of unbranched alkanes of at least 4 members (excludes halogenated alkanes) is 7. The molecule has 0 aliphatic heterocycles. The van der Waals surface area contributed by atoms with Crippen molar-refractivity contribution in [2.45, 2.75) is 91.4 Å². The molecular formula is C16H32O. The lowest BCUT2D eigenvalue weighted by molar-refractivity contribution is 0.370. The van der Waals surface area contributed by atoms with Gasteiger partial charge in [-0.05, 0) is 31.8 Å². The molecule has 0 atom stereocenters. The van der Waals surface area contributed by atoms with Crippen LogP contribution in [0.25, 0.3) is 0 Å². The second kappa shape index (κ2) is 12.0. The summed E-state index contributed by atoms with van der Waals surface area (Å²) < 4.78 is 0. The summed E-state index contributed by atoms with van der Waals surface area (Å²) in [5.41, 5.74) is 1.22. The number of aliphatic hydroxyl groups is 1. The maximum atomic E-state index is 9.91. The van der Waals surface area contributed by atoms with E-state index in [0.717, 1.165) is 19.3 Å². The molecule has 0 bridgehead atoms. The topological polar surface area (TPSA) is 20.2 Å². The van der Waals surface area contributed by atoms with Crippen molar-refractivity contribution < 1.29 is 5.11 Å². The minimum absolute atomic E-state index is 0.665. The SMILES string of the molecule is CCCCCCC/C(O)=C(/C)CCCCCC. The lowest BCUT2D eigenvalue weighted by Gasteiger charge is -2.06. The van der Waals surface area contributed by atoms with E-state index < -0.39 is 0 Å². The van der Waals surface area contributed by atoms with Crippen LogP contribution < -0.4 is 0 Å². The summed E-state index contributed by atoms with van der Waals surface area (Å²) in [5, 5.41) is 9.91. The van der Waals surface area contributed by atoms with Gasteiger partial charge in [0.25, 0.3) is 0 Å². The van der Waals surface area contributed by atoms with E-state index in [4.69, 9.17) is 0 Å². The van der Waals surface area contributed by atoms with Gasteiger partial charge in [0.1, 0.15) is 0 Å². The maximum Gasteiger partial charge on any atom is 0.0911 e. The molecule has 0 saturated heterocycles. The number of hydrogen-bond acceptors (Lipinski definition) is 1. The van der Waals surface area contributed by atoms with E-state index in [-0.39, 0.29) is 0 Å². The Bertz CT molecular complexity index is 194. The molecule has 0 fully saturated rings. The Morgan fingerprint density at radius 1 is 0.706 bits per heavy atom. The Morgan fingerprint density at radius 3 is 1.76 bits per heavy atom. The highest BCUT2D eigenvalue weighted by atomic mass is 16.3. The van der Waals surface area contributed by atoms with Gasteiger partial charge in [0, 0.05) is 6.42 Å². The van der Waals surface area contributed by atoms with Crippen molar-refractivity contribution in [2.75, 3.05) is 0 Å². The molecule has 0 spiro atoms. The molecule has 17 heavy (non-hydrogen) atoms. The average molecular weight is 240 g/mol. The van der Waals surface area contributed by atoms with Crippen molar-refractivity contribution in [1.29, 1.82) is 0 Å². The van der Waals surface area contributed by atoms with Gasteiger partial charge >= 0.3 is 0 Å². The van der Waals surface area contributed by atoms with Crippen LogP contribution in [0.1, 0.15) is 91.4 Å². The molecule has 0 aromatic rings. The molecule has 0 radical (unpaired) electrons. The molecule has 0 unspecified atom stereocenters. The van der Waals surface area contributed by atoms with E-state index in [1.54, 1.807) is 0 Å². The number of aliphatic hydroxyl groups excluding tert-OH is 1. The number of hydrogen-bond donors (Lipinski definition) is 1. The summed E-state index contributed by atoms with van der Waals surface area (Å²) in [6, 6.07) is 0. The Hall–Kier alpha value is -0.460. The standard InChI is InChI=1S/C16H32O/c1-4-6-8-10-12-14-16(17)15(3)13-11-9-7-5-2/h17H,4-14H2,1-3H3/b16-15+. The van der Waals surface area contributed by atoms with Crippen LogP contribution in [0.2, 0.25) is 0 Å². The van der Waals surface area contributed by atoms with E-state index in [2.05, 4.69) is 20.8 Å². The van der Waals surface area contributed by atoms with Crippen LogP contribution >= 0.6 is 0 Å². The second-order valence-corrected chi connectivity index (χ2v) is 5.20. The van der Waals surface area contributed by atoms with Gasteiger partial charge in [0.05, 0.1) is 5.76 Å². The minimum Gasteiger partial charge on any atom is -0.512 e. The first kappa shape index (κ1) is 16.5. The van der Waals surface area contributed by atoms with Crippen LogP contribution in [-0.2, 0) is 0 Å². The molecule has 0 saturated carbocycles. The summed E-state index contributed by atoms with van der Waals surface area (Å²) in [4.78, 5) is 0. The molecule has 102 valence electrons. The Labute approximate surface area is 108 Å². The first-order valence-electron chi connectivity index (χ1n) is 7.59. The fraction of sp³-hybridized carbons (Fsp3) is 0.875. The molecule has 0 aliphatic rings. The third-order valence-corrected chi connectivity index (χ3v) is 3.42. The van der Waals surface area contributed by atoms with Gasteiger partial charge < -0.3 is 5.11 Å². The summed E-state index contributed by atoms with van der Waals surface area (Å²) in [5.74, 6) is 0.665. The predicted molar refractivity (Wildman–Crippen MR) is 77.5 cm³/mol. The van der Waals surface area contributed by atoms with Crippen LogP contribution in [0.15, 0.2) is 11.3 Å². The predicted octanol–water partition coefficient (Wildman–Crippen LogP) is 6.15. The quantitative estimate of drug-likeness (QED) is 0.339. The van der Waals surface area contributed by atoms with Crippen molar-refractivity contribution in [1.82, 2.24) is 0 Å². The minimum atomic E-state index is 0.665. The van der Waals surface area contributed by atoms with Crippen LogP contribution in [0.3, 0.4) is 0 Å². The van der Waals surface area contributed by atoms with Crippen molar-refractivity contribution in [3.63, 3.8) is 0 Å². The van der Waals surface area contributed by atoms with Crippen molar-refractivity contribution in [2.24, 2.45) is 0 Å². The van der Waals surface area contributed by atoms with Gasteiger partial charge in [-0.2, -0.15) is 0 Å². The number of rotatable bonds is 11. The fourth-order valence-corrected chi connectivity index (χ4v) is 2.07. The van der Waals surface area contributed by atoms with E-state index in [9.17, 15) is 5.11 Å². The average Bonchev–Trinajstić information content (AvgIpc) is 2.34. The van der Waals surface area contributed by atoms with Crippen molar-refractivity contribution in [3.05, 3.63) is 11.3 Å². The molecule has 1 nitrogen and oxygen atoms in total. The number of allylic oxidation sites excluding steroid dienone is 2. The molecule has 0 rings (SSSR count). The van der Waals surface area contributed by atoms with Crippen molar-refractivity contribution in [3.8, 4) is 0 Å². The van der Waals surface area contributed by atoms with E-state index in [1.165, 1.54) is 56.9 Å². The Balaban J connectivity index is 3.57. The lowest BCUT2D eigenvalue weighted by atomic mass is 10.0. The summed E-state index contributed by atoms with van der Waals surface area (Å²) >= 11 is 0. The van der Waals surface area contributed by atoms with Gasteiger partial charge in [-0.3, -0.25) is 0 Å². The summed E-state index contributed by atoms with van der Waals surface area (Å²) in [7, 11) is 0. The van der Waals surface area contributed by atoms with Gasteiger partial charge in [0.2, 0.25) is 0 Å². The monoisotopic (exact) mass is 240 g/mol. The van der Waals surface area contributed by atoms with E-state index in [0.29, 0.717) is 5.76 Å². The highest BCUT2D eigenvalue weighted by Crippen LogP contribution is 2.17. The lowest BCUT2D eigenvalue weighted by Crippen LogP contribution is -1.90. The molecule has 1 heteroatoms. The highest BCUT2D eigenvalue weighted by molar-refractivity contribution is 5.04. The van der Waals surface area contributed by atoms with Gasteiger partial charge in [-0.1, -0.05) is 58.8 Å². The first-order valence-corrected chi connectivity index (χ1v) is 7.59. The molecule has 0 aliphatic carbocycles. The zero-order valence-corrected chi connectivity index (χ0v) is 12.2. The fourth-order valence-electron chi connectivity index (χ4n) is 2.07. The maximum absolute atomic E-state index is 9.91. The first-order chi connectivity index (χ1) is 8.22. The zero-order valence-electron chi connectivity index (χ0n) is 12.2. The smallest absolute Gasteiger partial charge is 0.0911 e. The molecule has 0 aromatic heterocycles. The largest absolute Gasteiger partial charge is 0.512 e. The Morgan fingerprint density at radius 2 is 1.18 bits per heavy atom. The molecule has 0 amide bonds. The van der Waals surface area contributed by atoms with E-state index >= 15 is 0 Å². The van der Waals surface area contributed by atoms with Gasteiger partial charge in [-0.25, -0.2) is 0 Å². The third kappa shape index (κ3) is 10.4. The van der Waals surface area contributed by atoms with Gasteiger partial charge in [-0.15, -0.1) is 0 Å². The van der Waals surface area contributed by atoms with Crippen LogP contribution in [0.4, 0.5) is 0 Å². The normalized spacial score (nSPS) is 12.6. The highest BCUT2D eigenvalue weighted by Gasteiger charge is 2.00. The van der Waals surface area contributed by atoms with Crippen molar-refractivity contribution >= 4 is 0 Å². The van der Waals surface area contributed by atoms with Crippen LogP contribution in [-0.4, -0.2) is 5.11 Å². The molecule has 0 aromatic carbocycles. The van der Waals surface area contributed by atoms with Crippen LogP contribution in [0.5, 0.6) is 0 Å². The zero-order chi connectivity index (χ0) is 12.9. The molecule has 0 heterocycles. The summed E-state index contributed by atoms with van der Waals surface area (Å²) in [6.07, 6.45) is 13.5. The summed E-state index contributed by atoms with van der Waals surface area (Å²) in [6.45, 7) is 6.56. The third-order valence-electron chi connectivity index (χ3n) is 3.42. The van der Waals surface area contributed by atoms with E-state index in [1.807, 2.05) is 0 Å². The Kier molecular flexibility index (Phi) is 11.7.